The van der Waals surface area contributed by atoms with Gasteiger partial charge in [-0.3, -0.25) is 0 Å². The van der Waals surface area contributed by atoms with Crippen LogP contribution in [0.4, 0.5) is 22.0 Å². The third-order valence-electron chi connectivity index (χ3n) is 4.08. The standard InChI is InChI=1S/C19H10F5NO4/c20-13-14(21)16(23)18(17(24)15(13)22)29-19(26)11-5-12(28-7-8-6-27-8)9-3-1-2-4-10(9)25-11/h1-5,8H,6-7H2. The fourth-order valence-corrected chi connectivity index (χ4v) is 2.53. The SMILES string of the molecule is O=C(Oc1c(F)c(F)c(F)c(F)c1F)c1cc(OCC2CO2)c2ccccc2n1. The smallest absolute Gasteiger partial charge is 0.362 e. The zero-order valence-electron chi connectivity index (χ0n) is 14.3. The molecule has 5 nitrogen and oxygen atoms in total. The van der Waals surface area contributed by atoms with Crippen molar-refractivity contribution < 1.29 is 41.0 Å². The van der Waals surface area contributed by atoms with Crippen LogP contribution in [0.15, 0.2) is 30.3 Å². The minimum absolute atomic E-state index is 0.0920. The normalized spacial score (nSPS) is 15.4. The maximum atomic E-state index is 13.8. The molecule has 10 heteroatoms. The second-order valence-corrected chi connectivity index (χ2v) is 6.08. The van der Waals surface area contributed by atoms with Gasteiger partial charge in [0.25, 0.3) is 0 Å². The Labute approximate surface area is 159 Å². The van der Waals surface area contributed by atoms with Crippen molar-refractivity contribution in [3.8, 4) is 11.5 Å². The van der Waals surface area contributed by atoms with E-state index in [0.717, 1.165) is 6.07 Å². The third kappa shape index (κ3) is 3.58. The Morgan fingerprint density at radius 1 is 1.03 bits per heavy atom. The molecule has 29 heavy (non-hydrogen) atoms. The van der Waals surface area contributed by atoms with Crippen LogP contribution in [0.25, 0.3) is 10.9 Å². The Balaban J connectivity index is 1.70. The van der Waals surface area contributed by atoms with E-state index in [0.29, 0.717) is 17.5 Å². The second kappa shape index (κ2) is 7.28. The van der Waals surface area contributed by atoms with Crippen LogP contribution < -0.4 is 9.47 Å². The highest BCUT2D eigenvalue weighted by atomic mass is 19.2. The number of aromatic nitrogens is 1. The Morgan fingerprint density at radius 2 is 1.66 bits per heavy atom. The number of ether oxygens (including phenoxy) is 3. The van der Waals surface area contributed by atoms with Crippen LogP contribution in [0.2, 0.25) is 0 Å². The Bertz CT molecular complexity index is 1100. The van der Waals surface area contributed by atoms with Crippen molar-refractivity contribution in [3.05, 3.63) is 65.1 Å². The second-order valence-electron chi connectivity index (χ2n) is 6.08. The molecule has 0 saturated carbocycles. The van der Waals surface area contributed by atoms with Crippen molar-refractivity contribution in [2.24, 2.45) is 0 Å². The summed E-state index contributed by atoms with van der Waals surface area (Å²) >= 11 is 0. The first-order chi connectivity index (χ1) is 13.9. The maximum Gasteiger partial charge on any atom is 0.362 e. The molecule has 0 spiro atoms. The van der Waals surface area contributed by atoms with Gasteiger partial charge >= 0.3 is 5.97 Å². The first kappa shape index (κ1) is 19.1. The summed E-state index contributed by atoms with van der Waals surface area (Å²) in [6.07, 6.45) is -0.0920. The van der Waals surface area contributed by atoms with E-state index < -0.39 is 46.5 Å². The van der Waals surface area contributed by atoms with Gasteiger partial charge in [-0.2, -0.15) is 8.78 Å². The summed E-state index contributed by atoms with van der Waals surface area (Å²) in [5.41, 5.74) is -0.148. The number of carbonyl (C=O) groups excluding carboxylic acids is 1. The molecule has 0 N–H and O–H groups in total. The molecule has 0 radical (unpaired) electrons. The van der Waals surface area contributed by atoms with Crippen LogP contribution in [0.3, 0.4) is 0 Å². The van der Waals surface area contributed by atoms with Gasteiger partial charge in [0.2, 0.25) is 34.8 Å². The first-order valence-corrected chi connectivity index (χ1v) is 8.24. The molecule has 2 aromatic carbocycles. The molecule has 0 aliphatic carbocycles. The lowest BCUT2D eigenvalue weighted by atomic mass is 10.2. The molecule has 4 rings (SSSR count). The molecule has 1 aliphatic rings. The lowest BCUT2D eigenvalue weighted by Gasteiger charge is -2.11. The molecular formula is C19H10F5NO4. The molecule has 1 unspecified atom stereocenters. The zero-order chi connectivity index (χ0) is 20.7. The van der Waals surface area contributed by atoms with Crippen LogP contribution in [0.1, 0.15) is 10.5 Å². The van der Waals surface area contributed by atoms with Gasteiger partial charge in [0, 0.05) is 11.5 Å². The van der Waals surface area contributed by atoms with Gasteiger partial charge in [0.15, 0.2) is 5.69 Å². The minimum Gasteiger partial charge on any atom is -0.490 e. The molecule has 1 aliphatic heterocycles. The van der Waals surface area contributed by atoms with Gasteiger partial charge < -0.3 is 14.2 Å². The van der Waals surface area contributed by atoms with E-state index in [1.54, 1.807) is 24.3 Å². The molecule has 0 bridgehead atoms. The van der Waals surface area contributed by atoms with Crippen LogP contribution in [0.5, 0.6) is 11.5 Å². The highest BCUT2D eigenvalue weighted by Crippen LogP contribution is 2.31. The minimum atomic E-state index is -2.36. The van der Waals surface area contributed by atoms with Gasteiger partial charge in [-0.25, -0.2) is 22.9 Å². The summed E-state index contributed by atoms with van der Waals surface area (Å²) in [6.45, 7) is 0.721. The Hall–Kier alpha value is -3.27. The number of carbonyl (C=O) groups is 1. The average Bonchev–Trinajstić information content (AvgIpc) is 3.56. The predicted octanol–water partition coefficient (Wildman–Crippen LogP) is 3.93. The number of halogens is 5. The van der Waals surface area contributed by atoms with Gasteiger partial charge in [0.05, 0.1) is 12.1 Å². The average molecular weight is 411 g/mol. The summed E-state index contributed by atoms with van der Waals surface area (Å²) in [5.74, 6) is -14.3. The molecule has 1 saturated heterocycles. The van der Waals surface area contributed by atoms with Crippen molar-refractivity contribution >= 4 is 16.9 Å². The summed E-state index contributed by atoms with van der Waals surface area (Å²) < 4.78 is 82.4. The van der Waals surface area contributed by atoms with Crippen molar-refractivity contribution in [1.82, 2.24) is 4.98 Å². The quantitative estimate of drug-likeness (QED) is 0.159. The van der Waals surface area contributed by atoms with Gasteiger partial charge in [0.1, 0.15) is 18.5 Å². The van der Waals surface area contributed by atoms with Gasteiger partial charge in [-0.15, -0.1) is 0 Å². The number of nitrogens with zero attached hydrogens (tertiary/aromatic N) is 1. The largest absolute Gasteiger partial charge is 0.490 e. The van der Waals surface area contributed by atoms with Crippen molar-refractivity contribution in [1.29, 1.82) is 0 Å². The number of rotatable bonds is 5. The number of epoxide rings is 1. The molecular weight excluding hydrogens is 401 g/mol. The lowest BCUT2D eigenvalue weighted by molar-refractivity contribution is 0.0709. The fourth-order valence-electron chi connectivity index (χ4n) is 2.53. The zero-order valence-corrected chi connectivity index (χ0v) is 14.3. The van der Waals surface area contributed by atoms with E-state index in [2.05, 4.69) is 9.72 Å². The summed E-state index contributed by atoms with van der Waals surface area (Å²) in [5, 5.41) is 0.543. The molecule has 0 amide bonds. The first-order valence-electron chi connectivity index (χ1n) is 8.24. The maximum absolute atomic E-state index is 13.8. The molecule has 150 valence electrons. The van der Waals surface area contributed by atoms with E-state index >= 15 is 0 Å². The molecule has 3 aromatic rings. The third-order valence-corrected chi connectivity index (χ3v) is 4.08. The number of esters is 1. The highest BCUT2D eigenvalue weighted by molar-refractivity contribution is 5.95. The number of fused-ring (bicyclic) bond motifs is 1. The predicted molar refractivity (Wildman–Crippen MR) is 88.2 cm³/mol. The van der Waals surface area contributed by atoms with Crippen molar-refractivity contribution in [2.75, 3.05) is 13.2 Å². The number of hydrogen-bond acceptors (Lipinski definition) is 5. The number of benzene rings is 2. The van der Waals surface area contributed by atoms with E-state index in [-0.39, 0.29) is 18.5 Å². The number of hydrogen-bond donors (Lipinski definition) is 0. The Kier molecular flexibility index (Phi) is 4.79. The molecule has 1 aromatic heterocycles. The van der Waals surface area contributed by atoms with E-state index in [1.165, 1.54) is 0 Å². The van der Waals surface area contributed by atoms with Crippen molar-refractivity contribution in [3.63, 3.8) is 0 Å². The van der Waals surface area contributed by atoms with E-state index in [4.69, 9.17) is 9.47 Å². The topological polar surface area (TPSA) is 61.0 Å². The molecule has 2 heterocycles. The van der Waals surface area contributed by atoms with Crippen LogP contribution in [-0.4, -0.2) is 30.3 Å². The summed E-state index contributed by atoms with van der Waals surface area (Å²) in [7, 11) is 0. The van der Waals surface area contributed by atoms with Crippen LogP contribution in [-0.2, 0) is 4.74 Å². The van der Waals surface area contributed by atoms with Crippen LogP contribution in [0, 0.1) is 29.1 Å². The highest BCUT2D eigenvalue weighted by Gasteiger charge is 2.29. The van der Waals surface area contributed by atoms with E-state index in [9.17, 15) is 26.7 Å². The van der Waals surface area contributed by atoms with Crippen molar-refractivity contribution in [2.45, 2.75) is 6.10 Å². The van der Waals surface area contributed by atoms with Crippen LogP contribution >= 0.6 is 0 Å². The van der Waals surface area contributed by atoms with E-state index in [1.807, 2.05) is 0 Å². The van der Waals surface area contributed by atoms with Gasteiger partial charge in [-0.1, -0.05) is 12.1 Å². The summed E-state index contributed by atoms with van der Waals surface area (Å²) in [6, 6.07) is 7.70. The molecule has 1 atom stereocenters. The lowest BCUT2D eigenvalue weighted by Crippen LogP contribution is -2.15. The molecule has 1 fully saturated rings. The summed E-state index contributed by atoms with van der Waals surface area (Å²) in [4.78, 5) is 16.3. The number of para-hydroxylation sites is 1. The fraction of sp³-hybridized carbons (Fsp3) is 0.158. The Morgan fingerprint density at radius 3 is 2.31 bits per heavy atom. The van der Waals surface area contributed by atoms with Gasteiger partial charge in [-0.05, 0) is 12.1 Å². The number of pyridine rings is 1. The monoisotopic (exact) mass is 411 g/mol.